The molecule has 1 atom stereocenters. The lowest BCUT2D eigenvalue weighted by molar-refractivity contribution is -0.142. The van der Waals surface area contributed by atoms with E-state index in [-0.39, 0.29) is 0 Å². The number of carbonyl (C=O) groups excluding carboxylic acids is 1. The van der Waals surface area contributed by atoms with Crippen molar-refractivity contribution in [3.8, 4) is 5.88 Å². The van der Waals surface area contributed by atoms with Crippen molar-refractivity contribution < 1.29 is 14.3 Å². The van der Waals surface area contributed by atoms with Gasteiger partial charge in [-0.15, -0.1) is 0 Å². The molecule has 2 aromatic heterocycles. The van der Waals surface area contributed by atoms with E-state index >= 15 is 0 Å². The van der Waals surface area contributed by atoms with Crippen molar-refractivity contribution in [3.05, 3.63) is 30.0 Å². The fourth-order valence-corrected chi connectivity index (χ4v) is 1.81. The van der Waals surface area contributed by atoms with Gasteiger partial charge >= 0.3 is 5.97 Å². The number of fused-ring (bicyclic) bond motifs is 1. The van der Waals surface area contributed by atoms with E-state index in [0.29, 0.717) is 17.8 Å². The number of carbonyl (C=O) groups is 1. The zero-order valence-electron chi connectivity index (χ0n) is 10.8. The number of hydrogen-bond acceptors (Lipinski definition) is 6. The number of methoxy groups -OCH3 is 2. The van der Waals surface area contributed by atoms with E-state index in [0.717, 1.165) is 11.1 Å². The molecule has 0 aliphatic rings. The monoisotopic (exact) mass is 261 g/mol. The van der Waals surface area contributed by atoms with E-state index in [9.17, 15) is 4.79 Å². The van der Waals surface area contributed by atoms with Gasteiger partial charge in [-0.2, -0.15) is 0 Å². The molecule has 6 nitrogen and oxygen atoms in total. The number of rotatable bonds is 4. The van der Waals surface area contributed by atoms with Gasteiger partial charge in [-0.05, 0) is 17.7 Å². The molecule has 0 saturated heterocycles. The molecule has 2 N–H and O–H groups in total. The van der Waals surface area contributed by atoms with Crippen molar-refractivity contribution in [2.24, 2.45) is 5.73 Å². The SMILES string of the molecule is COC(=O)C(N)Cc1ccnc2ccc(OC)nc12. The highest BCUT2D eigenvalue weighted by Crippen LogP contribution is 2.19. The van der Waals surface area contributed by atoms with E-state index in [4.69, 9.17) is 10.5 Å². The fraction of sp³-hybridized carbons (Fsp3) is 0.308. The summed E-state index contributed by atoms with van der Waals surface area (Å²) in [7, 11) is 2.86. The number of nitrogens with zero attached hydrogens (tertiary/aromatic N) is 2. The van der Waals surface area contributed by atoms with Crippen LogP contribution in [0, 0.1) is 0 Å². The Labute approximate surface area is 110 Å². The zero-order chi connectivity index (χ0) is 13.8. The summed E-state index contributed by atoms with van der Waals surface area (Å²) in [5, 5.41) is 0. The molecule has 2 aromatic rings. The van der Waals surface area contributed by atoms with Crippen molar-refractivity contribution in [1.29, 1.82) is 0 Å². The molecule has 100 valence electrons. The van der Waals surface area contributed by atoms with Crippen molar-refractivity contribution in [3.63, 3.8) is 0 Å². The Hall–Kier alpha value is -2.21. The van der Waals surface area contributed by atoms with Gasteiger partial charge in [0.25, 0.3) is 0 Å². The molecule has 0 aliphatic carbocycles. The summed E-state index contributed by atoms with van der Waals surface area (Å²) < 4.78 is 9.71. The number of hydrogen-bond donors (Lipinski definition) is 1. The largest absolute Gasteiger partial charge is 0.481 e. The Morgan fingerprint density at radius 2 is 2.16 bits per heavy atom. The molecule has 0 bridgehead atoms. The topological polar surface area (TPSA) is 87.3 Å². The molecule has 6 heteroatoms. The first kappa shape index (κ1) is 13.2. The molecule has 2 rings (SSSR count). The summed E-state index contributed by atoms with van der Waals surface area (Å²) in [6, 6.07) is 4.62. The van der Waals surface area contributed by atoms with Gasteiger partial charge in [0.2, 0.25) is 5.88 Å². The summed E-state index contributed by atoms with van der Waals surface area (Å²) >= 11 is 0. The van der Waals surface area contributed by atoms with Gasteiger partial charge in [-0.1, -0.05) is 0 Å². The highest BCUT2D eigenvalue weighted by Gasteiger charge is 2.16. The van der Waals surface area contributed by atoms with Crippen LogP contribution in [0.4, 0.5) is 0 Å². The lowest BCUT2D eigenvalue weighted by Crippen LogP contribution is -2.33. The number of pyridine rings is 2. The first-order valence-corrected chi connectivity index (χ1v) is 5.77. The van der Waals surface area contributed by atoms with Crippen molar-refractivity contribution in [2.75, 3.05) is 14.2 Å². The third-order valence-electron chi connectivity index (χ3n) is 2.79. The normalized spacial score (nSPS) is 12.2. The van der Waals surface area contributed by atoms with Crippen LogP contribution >= 0.6 is 0 Å². The Kier molecular flexibility index (Phi) is 3.91. The molecule has 0 spiro atoms. The second-order valence-corrected chi connectivity index (χ2v) is 4.03. The number of aromatic nitrogens is 2. The Bertz CT molecular complexity index is 601. The first-order chi connectivity index (χ1) is 9.15. The summed E-state index contributed by atoms with van der Waals surface area (Å²) in [6.45, 7) is 0. The predicted octanol–water partition coefficient (Wildman–Crippen LogP) is 0.681. The van der Waals surface area contributed by atoms with Crippen LogP contribution in [0.1, 0.15) is 5.56 Å². The molecular formula is C13H15N3O3. The van der Waals surface area contributed by atoms with Crippen molar-refractivity contribution in [1.82, 2.24) is 9.97 Å². The molecule has 0 aromatic carbocycles. The highest BCUT2D eigenvalue weighted by molar-refractivity contribution is 5.80. The summed E-state index contributed by atoms with van der Waals surface area (Å²) in [4.78, 5) is 19.9. The third-order valence-corrected chi connectivity index (χ3v) is 2.79. The molecule has 1 unspecified atom stereocenters. The summed E-state index contributed by atoms with van der Waals surface area (Å²) in [5.74, 6) is 0.0428. The van der Waals surface area contributed by atoms with Gasteiger partial charge in [0, 0.05) is 18.7 Å². The van der Waals surface area contributed by atoms with Gasteiger partial charge in [-0.3, -0.25) is 9.78 Å². The van der Waals surface area contributed by atoms with Crippen LogP contribution in [-0.2, 0) is 16.0 Å². The van der Waals surface area contributed by atoms with Crippen LogP contribution in [-0.4, -0.2) is 36.2 Å². The van der Waals surface area contributed by atoms with E-state index in [1.807, 2.05) is 6.07 Å². The summed E-state index contributed by atoms with van der Waals surface area (Å²) in [6.07, 6.45) is 2.00. The maximum Gasteiger partial charge on any atom is 0.322 e. The Morgan fingerprint density at radius 3 is 2.84 bits per heavy atom. The third kappa shape index (κ3) is 2.79. The molecular weight excluding hydrogens is 246 g/mol. The minimum atomic E-state index is -0.719. The van der Waals surface area contributed by atoms with Gasteiger partial charge in [0.05, 0.1) is 25.3 Å². The van der Waals surface area contributed by atoms with Gasteiger partial charge < -0.3 is 15.2 Å². The lowest BCUT2D eigenvalue weighted by atomic mass is 10.1. The maximum atomic E-state index is 11.4. The smallest absolute Gasteiger partial charge is 0.322 e. The van der Waals surface area contributed by atoms with Gasteiger partial charge in [-0.25, -0.2) is 4.98 Å². The molecule has 0 aliphatic heterocycles. The lowest BCUT2D eigenvalue weighted by Gasteiger charge is -2.11. The fourth-order valence-electron chi connectivity index (χ4n) is 1.81. The average molecular weight is 261 g/mol. The molecule has 0 saturated carbocycles. The minimum Gasteiger partial charge on any atom is -0.481 e. The van der Waals surface area contributed by atoms with Crippen LogP contribution in [0.3, 0.4) is 0 Å². The number of nitrogens with two attached hydrogens (primary N) is 1. The van der Waals surface area contributed by atoms with Gasteiger partial charge in [0.1, 0.15) is 6.04 Å². The number of ether oxygens (including phenoxy) is 2. The van der Waals surface area contributed by atoms with Crippen LogP contribution in [0.25, 0.3) is 11.0 Å². The number of esters is 1. The standard InChI is InChI=1S/C13H15N3O3/c1-18-11-4-3-10-12(16-11)8(5-6-15-10)7-9(14)13(17)19-2/h3-6,9H,7,14H2,1-2H3. The van der Waals surface area contributed by atoms with Crippen molar-refractivity contribution in [2.45, 2.75) is 12.5 Å². The van der Waals surface area contributed by atoms with Gasteiger partial charge in [0.15, 0.2) is 0 Å². The molecule has 0 radical (unpaired) electrons. The average Bonchev–Trinajstić information content (AvgIpc) is 2.46. The second kappa shape index (κ2) is 5.62. The van der Waals surface area contributed by atoms with E-state index in [2.05, 4.69) is 14.7 Å². The molecule has 2 heterocycles. The minimum absolute atomic E-state index is 0.339. The molecule has 19 heavy (non-hydrogen) atoms. The van der Waals surface area contributed by atoms with E-state index in [1.165, 1.54) is 7.11 Å². The molecule has 0 fully saturated rings. The van der Waals surface area contributed by atoms with Crippen LogP contribution in [0.5, 0.6) is 5.88 Å². The zero-order valence-corrected chi connectivity index (χ0v) is 10.8. The first-order valence-electron chi connectivity index (χ1n) is 5.77. The van der Waals surface area contributed by atoms with Crippen molar-refractivity contribution >= 4 is 17.0 Å². The van der Waals surface area contributed by atoms with E-state index in [1.54, 1.807) is 25.4 Å². The van der Waals surface area contributed by atoms with Crippen LogP contribution in [0.15, 0.2) is 24.4 Å². The summed E-state index contributed by atoms with van der Waals surface area (Å²) in [5.41, 5.74) is 8.02. The van der Waals surface area contributed by atoms with Crippen LogP contribution < -0.4 is 10.5 Å². The maximum absolute atomic E-state index is 11.4. The van der Waals surface area contributed by atoms with E-state index < -0.39 is 12.0 Å². The second-order valence-electron chi connectivity index (χ2n) is 4.03. The highest BCUT2D eigenvalue weighted by atomic mass is 16.5. The van der Waals surface area contributed by atoms with Crippen LogP contribution in [0.2, 0.25) is 0 Å². The predicted molar refractivity (Wildman–Crippen MR) is 69.8 cm³/mol. The quantitative estimate of drug-likeness (QED) is 0.814. The Morgan fingerprint density at radius 1 is 1.37 bits per heavy atom. The molecule has 0 amide bonds. The Balaban J connectivity index is 2.39.